The molecule has 2 aromatic carbocycles. The number of aliphatic carboxylic acids is 1. The molecule has 2 aromatic rings. The molecule has 42 heavy (non-hydrogen) atoms. The lowest BCUT2D eigenvalue weighted by molar-refractivity contribution is -0.274. The van der Waals surface area contributed by atoms with Gasteiger partial charge in [0, 0.05) is 50.3 Å². The number of rotatable bonds is 10. The number of nitrogens with zero attached hydrogens (tertiary/aromatic N) is 2. The normalized spacial score (nSPS) is 16.8. The Hall–Kier alpha value is -4.05. The largest absolute Gasteiger partial charge is 0.573 e. The first-order valence-electron chi connectivity index (χ1n) is 12.4. The van der Waals surface area contributed by atoms with Crippen LogP contribution < -0.4 is 10.1 Å². The molecule has 0 aliphatic carbocycles. The molecule has 1 atom stereocenters. The zero-order valence-corrected chi connectivity index (χ0v) is 22.8. The highest BCUT2D eigenvalue weighted by Crippen LogP contribution is 2.31. The number of carbonyl (C=O) groups is 3. The van der Waals surface area contributed by atoms with Crippen LogP contribution in [0.25, 0.3) is 0 Å². The number of halogens is 5. The molecule has 0 aromatic heterocycles. The second kappa shape index (κ2) is 12.9. The summed E-state index contributed by atoms with van der Waals surface area (Å²) in [5.74, 6) is -6.77. The molecular formula is C26H26F5N3O7S. The van der Waals surface area contributed by atoms with E-state index in [0.717, 1.165) is 39.5 Å². The summed E-state index contributed by atoms with van der Waals surface area (Å²) in [6, 6.07) is 6.92. The maximum atomic E-state index is 13.9. The summed E-state index contributed by atoms with van der Waals surface area (Å²) in [6.45, 7) is 0.0272. The molecule has 2 amide bonds. The molecular weight excluding hydrogens is 593 g/mol. The van der Waals surface area contributed by atoms with E-state index in [1.54, 1.807) is 0 Å². The van der Waals surface area contributed by atoms with Crippen LogP contribution in [0.15, 0.2) is 65.6 Å². The van der Waals surface area contributed by atoms with E-state index < -0.39 is 76.3 Å². The maximum Gasteiger partial charge on any atom is 0.573 e. The Morgan fingerprint density at radius 2 is 1.62 bits per heavy atom. The number of carboxylic acid groups (broad SMARTS) is 1. The number of sulfonamides is 1. The summed E-state index contributed by atoms with van der Waals surface area (Å²) in [5, 5.41) is 11.3. The van der Waals surface area contributed by atoms with Gasteiger partial charge in [0.15, 0.2) is 0 Å². The highest BCUT2D eigenvalue weighted by molar-refractivity contribution is 7.89. The third-order valence-corrected chi connectivity index (χ3v) is 8.19. The summed E-state index contributed by atoms with van der Waals surface area (Å²) in [6.07, 6.45) is -4.09. The summed E-state index contributed by atoms with van der Waals surface area (Å²) in [7, 11) is -4.50. The predicted octanol–water partition coefficient (Wildman–Crippen LogP) is 3.25. The minimum atomic E-state index is -5.00. The predicted molar refractivity (Wildman–Crippen MR) is 137 cm³/mol. The lowest BCUT2D eigenvalue weighted by Gasteiger charge is -2.39. The van der Waals surface area contributed by atoms with E-state index in [2.05, 4.69) is 10.1 Å². The zero-order chi connectivity index (χ0) is 31.3. The van der Waals surface area contributed by atoms with Crippen LogP contribution in [0.4, 0.5) is 22.0 Å². The van der Waals surface area contributed by atoms with Crippen LogP contribution in [-0.4, -0.2) is 72.6 Å². The molecule has 1 saturated heterocycles. The minimum absolute atomic E-state index is 0.183. The number of alkyl halides is 5. The minimum Gasteiger partial charge on any atom is -0.478 e. The lowest BCUT2D eigenvalue weighted by atomic mass is 10.0. The lowest BCUT2D eigenvalue weighted by Crippen LogP contribution is -2.61. The Morgan fingerprint density at radius 1 is 1.00 bits per heavy atom. The van der Waals surface area contributed by atoms with E-state index >= 15 is 0 Å². The van der Waals surface area contributed by atoms with Crippen molar-refractivity contribution in [3.05, 3.63) is 71.8 Å². The van der Waals surface area contributed by atoms with E-state index in [0.29, 0.717) is 11.6 Å². The van der Waals surface area contributed by atoms with Crippen LogP contribution in [-0.2, 0) is 36.9 Å². The molecule has 0 unspecified atom stereocenters. The fourth-order valence-corrected chi connectivity index (χ4v) is 5.61. The Balaban J connectivity index is 1.84. The van der Waals surface area contributed by atoms with Crippen LogP contribution in [0.5, 0.6) is 5.75 Å². The summed E-state index contributed by atoms with van der Waals surface area (Å²) in [5.41, 5.74) is 0.196. The number of hydrogen-bond acceptors (Lipinski definition) is 6. The number of amides is 2. The fourth-order valence-electron chi connectivity index (χ4n) is 4.04. The molecule has 10 nitrogen and oxygen atoms in total. The number of carbonyl (C=O) groups excluding carboxylic acids is 2. The van der Waals surface area contributed by atoms with E-state index in [-0.39, 0.29) is 18.7 Å². The first-order chi connectivity index (χ1) is 19.5. The standard InChI is InChI=1S/C26H26F5N3O7S/c1-2-25(27,28)18-5-3-17(4-6-18)15-32-24(38)21-16-33(22(35)11-12-23(36)37)13-14-34(21)42(39,40)20-9-7-19(8-10-20)41-26(29,30)31/h3-12,21H,2,13-16H2,1H3,(H,32,38)(H,36,37)/b12-11-/t21-/m1/s1. The van der Waals surface area contributed by atoms with Crippen molar-refractivity contribution >= 4 is 27.8 Å². The van der Waals surface area contributed by atoms with Gasteiger partial charge < -0.3 is 20.1 Å². The van der Waals surface area contributed by atoms with Gasteiger partial charge in [-0.2, -0.15) is 4.31 Å². The van der Waals surface area contributed by atoms with Crippen LogP contribution in [0.3, 0.4) is 0 Å². The number of nitrogens with one attached hydrogen (secondary N) is 1. The van der Waals surface area contributed by atoms with Crippen LogP contribution in [0.2, 0.25) is 0 Å². The molecule has 1 fully saturated rings. The Kier molecular flexibility index (Phi) is 9.94. The number of hydrogen-bond donors (Lipinski definition) is 2. The monoisotopic (exact) mass is 619 g/mol. The second-order valence-electron chi connectivity index (χ2n) is 9.08. The molecule has 0 spiro atoms. The van der Waals surface area contributed by atoms with Crippen LogP contribution in [0.1, 0.15) is 24.5 Å². The fraction of sp³-hybridized carbons (Fsp3) is 0.346. The topological polar surface area (TPSA) is 133 Å². The van der Waals surface area contributed by atoms with Crippen molar-refractivity contribution in [1.29, 1.82) is 0 Å². The first-order valence-corrected chi connectivity index (χ1v) is 13.8. The van der Waals surface area contributed by atoms with Gasteiger partial charge in [0.1, 0.15) is 11.8 Å². The quantitative estimate of drug-likeness (QED) is 0.308. The zero-order valence-electron chi connectivity index (χ0n) is 22.0. The number of benzene rings is 2. The number of piperazine rings is 1. The second-order valence-corrected chi connectivity index (χ2v) is 11.0. The summed E-state index contributed by atoms with van der Waals surface area (Å²) >= 11 is 0. The molecule has 0 bridgehead atoms. The molecule has 1 aliphatic rings. The van der Waals surface area contributed by atoms with E-state index in [4.69, 9.17) is 5.11 Å². The van der Waals surface area contributed by atoms with Crippen molar-refractivity contribution in [1.82, 2.24) is 14.5 Å². The number of carboxylic acids is 1. The van der Waals surface area contributed by atoms with Crippen molar-refractivity contribution in [2.24, 2.45) is 0 Å². The van der Waals surface area contributed by atoms with Gasteiger partial charge in [0.2, 0.25) is 21.8 Å². The number of ether oxygens (including phenoxy) is 1. The van der Waals surface area contributed by atoms with Crippen LogP contribution >= 0.6 is 0 Å². The highest BCUT2D eigenvalue weighted by atomic mass is 32.2. The smallest absolute Gasteiger partial charge is 0.478 e. The van der Waals surface area contributed by atoms with Gasteiger partial charge >= 0.3 is 12.3 Å². The summed E-state index contributed by atoms with van der Waals surface area (Å²) in [4.78, 5) is 37.1. The van der Waals surface area contributed by atoms with Gasteiger partial charge in [-0.3, -0.25) is 9.59 Å². The van der Waals surface area contributed by atoms with Gasteiger partial charge in [0.05, 0.1) is 4.90 Å². The van der Waals surface area contributed by atoms with E-state index in [9.17, 15) is 44.8 Å². The van der Waals surface area contributed by atoms with Crippen molar-refractivity contribution in [2.45, 2.75) is 43.1 Å². The van der Waals surface area contributed by atoms with Gasteiger partial charge in [-0.15, -0.1) is 13.2 Å². The van der Waals surface area contributed by atoms with Crippen molar-refractivity contribution in [3.8, 4) is 5.75 Å². The van der Waals surface area contributed by atoms with E-state index in [1.165, 1.54) is 31.2 Å². The van der Waals surface area contributed by atoms with Gasteiger partial charge in [-0.1, -0.05) is 31.2 Å². The van der Waals surface area contributed by atoms with Gasteiger partial charge in [-0.05, 0) is 29.8 Å². The van der Waals surface area contributed by atoms with Crippen molar-refractivity contribution < 1.29 is 54.6 Å². The molecule has 2 N–H and O–H groups in total. The average molecular weight is 620 g/mol. The Morgan fingerprint density at radius 3 is 2.17 bits per heavy atom. The highest BCUT2D eigenvalue weighted by Gasteiger charge is 2.41. The maximum absolute atomic E-state index is 13.9. The molecule has 16 heteroatoms. The first kappa shape index (κ1) is 32.5. The SMILES string of the molecule is CCC(F)(F)c1ccc(CNC(=O)[C@H]2CN(C(=O)/C=C\C(=O)O)CCN2S(=O)(=O)c2ccc(OC(F)(F)F)cc2)cc1. The third-order valence-electron chi connectivity index (χ3n) is 6.27. The molecule has 0 radical (unpaired) electrons. The molecule has 0 saturated carbocycles. The van der Waals surface area contributed by atoms with E-state index in [1.807, 2.05) is 0 Å². The van der Waals surface area contributed by atoms with Crippen molar-refractivity contribution in [3.63, 3.8) is 0 Å². The molecule has 3 rings (SSSR count). The van der Waals surface area contributed by atoms with Gasteiger partial charge in [0.25, 0.3) is 5.92 Å². The average Bonchev–Trinajstić information content (AvgIpc) is 2.93. The molecule has 1 heterocycles. The third kappa shape index (κ3) is 8.25. The Bertz CT molecular complexity index is 1430. The van der Waals surface area contributed by atoms with Crippen molar-refractivity contribution in [2.75, 3.05) is 19.6 Å². The molecule has 228 valence electrons. The Labute approximate surface area is 237 Å². The summed E-state index contributed by atoms with van der Waals surface area (Å²) < 4.78 is 96.7. The van der Waals surface area contributed by atoms with Gasteiger partial charge in [-0.25, -0.2) is 22.0 Å². The van der Waals surface area contributed by atoms with Crippen LogP contribution in [0, 0.1) is 0 Å². The molecule has 1 aliphatic heterocycles.